The fraction of sp³-hybridized carbons (Fsp3) is 0.941. The molecule has 2 saturated heterocycles. The van der Waals surface area contributed by atoms with E-state index in [0.29, 0.717) is 18.2 Å². The number of rotatable bonds is 5. The van der Waals surface area contributed by atoms with Crippen LogP contribution in [0.2, 0.25) is 0 Å². The molecule has 120 valence electrons. The molecule has 0 amide bonds. The van der Waals surface area contributed by atoms with Crippen molar-refractivity contribution >= 4 is 5.96 Å². The van der Waals surface area contributed by atoms with E-state index < -0.39 is 0 Å². The Bertz CT molecular complexity index is 352. The lowest BCUT2D eigenvalue weighted by atomic mass is 9.86. The molecule has 3 fully saturated rings. The topological polar surface area (TPSA) is 45.7 Å². The number of fused-ring (bicyclic) bond motifs is 2. The molecule has 0 aromatic heterocycles. The Labute approximate surface area is 129 Å². The summed E-state index contributed by atoms with van der Waals surface area (Å²) in [5, 5.41) is 7.03. The molecule has 3 rings (SSSR count). The van der Waals surface area contributed by atoms with Gasteiger partial charge in [-0.05, 0) is 38.0 Å². The maximum Gasteiger partial charge on any atom is 0.191 e. The van der Waals surface area contributed by atoms with Crippen molar-refractivity contribution in [3.8, 4) is 0 Å². The highest BCUT2D eigenvalue weighted by Crippen LogP contribution is 2.34. The highest BCUT2D eigenvalue weighted by atomic mass is 16.5. The summed E-state index contributed by atoms with van der Waals surface area (Å²) in [7, 11) is 1.87. The summed E-state index contributed by atoms with van der Waals surface area (Å²) in [6.45, 7) is 1.04. The maximum absolute atomic E-state index is 5.89. The summed E-state index contributed by atoms with van der Waals surface area (Å²) in [5.41, 5.74) is 0. The van der Waals surface area contributed by atoms with E-state index in [4.69, 9.17) is 4.74 Å². The van der Waals surface area contributed by atoms with Crippen LogP contribution in [0.4, 0.5) is 0 Å². The predicted octanol–water partition coefficient (Wildman–Crippen LogP) is 2.83. The van der Waals surface area contributed by atoms with Crippen molar-refractivity contribution in [2.45, 2.75) is 82.5 Å². The molecule has 0 aromatic rings. The Morgan fingerprint density at radius 1 is 1.14 bits per heavy atom. The van der Waals surface area contributed by atoms with Crippen molar-refractivity contribution in [2.24, 2.45) is 10.9 Å². The average Bonchev–Trinajstić information content (AvgIpc) is 3.14. The first-order valence-electron chi connectivity index (χ1n) is 8.98. The summed E-state index contributed by atoms with van der Waals surface area (Å²) >= 11 is 0. The van der Waals surface area contributed by atoms with Gasteiger partial charge in [0.15, 0.2) is 5.96 Å². The molecule has 4 nitrogen and oxygen atoms in total. The van der Waals surface area contributed by atoms with Crippen LogP contribution >= 0.6 is 0 Å². The number of aliphatic imine (C=N–C) groups is 1. The van der Waals surface area contributed by atoms with Gasteiger partial charge in [-0.2, -0.15) is 0 Å². The molecule has 2 bridgehead atoms. The zero-order valence-electron chi connectivity index (χ0n) is 13.4. The van der Waals surface area contributed by atoms with Gasteiger partial charge in [0.05, 0.1) is 18.2 Å². The van der Waals surface area contributed by atoms with E-state index in [1.165, 1.54) is 57.8 Å². The standard InChI is InChI=1S/C17H31N3O/c1-18-17(20-15-12-14-9-10-16(15)21-14)19-11-5-8-13-6-3-2-4-7-13/h13-16H,2-12H2,1H3,(H2,18,19,20). The molecule has 1 aliphatic carbocycles. The molecular weight excluding hydrogens is 262 g/mol. The van der Waals surface area contributed by atoms with Crippen LogP contribution in [-0.4, -0.2) is 37.8 Å². The van der Waals surface area contributed by atoms with Crippen LogP contribution in [0.1, 0.15) is 64.2 Å². The number of guanidine groups is 1. The minimum absolute atomic E-state index is 0.413. The molecule has 0 spiro atoms. The lowest BCUT2D eigenvalue weighted by molar-refractivity contribution is 0.0992. The summed E-state index contributed by atoms with van der Waals surface area (Å²) in [5.74, 6) is 1.94. The van der Waals surface area contributed by atoms with Crippen LogP contribution in [0, 0.1) is 5.92 Å². The number of nitrogens with one attached hydrogen (secondary N) is 2. The highest BCUT2D eigenvalue weighted by molar-refractivity contribution is 5.80. The molecule has 2 heterocycles. The zero-order valence-corrected chi connectivity index (χ0v) is 13.4. The Morgan fingerprint density at radius 3 is 2.67 bits per heavy atom. The van der Waals surface area contributed by atoms with Gasteiger partial charge in [0, 0.05) is 13.6 Å². The molecule has 3 unspecified atom stereocenters. The Balaban J connectivity index is 1.31. The molecule has 21 heavy (non-hydrogen) atoms. The monoisotopic (exact) mass is 293 g/mol. The van der Waals surface area contributed by atoms with Crippen LogP contribution in [-0.2, 0) is 4.74 Å². The summed E-state index contributed by atoms with van der Waals surface area (Å²) in [4.78, 5) is 4.36. The molecule has 2 N–H and O–H groups in total. The van der Waals surface area contributed by atoms with Crippen molar-refractivity contribution < 1.29 is 4.74 Å². The van der Waals surface area contributed by atoms with Crippen molar-refractivity contribution in [2.75, 3.05) is 13.6 Å². The first-order chi connectivity index (χ1) is 10.3. The Morgan fingerprint density at radius 2 is 2.00 bits per heavy atom. The van der Waals surface area contributed by atoms with Crippen LogP contribution in [0.15, 0.2) is 4.99 Å². The predicted molar refractivity (Wildman–Crippen MR) is 86.6 cm³/mol. The number of ether oxygens (including phenoxy) is 1. The Hall–Kier alpha value is -0.770. The van der Waals surface area contributed by atoms with Crippen LogP contribution in [0.3, 0.4) is 0 Å². The van der Waals surface area contributed by atoms with Crippen molar-refractivity contribution in [1.82, 2.24) is 10.6 Å². The average molecular weight is 293 g/mol. The molecule has 3 aliphatic rings. The van der Waals surface area contributed by atoms with E-state index in [-0.39, 0.29) is 0 Å². The zero-order chi connectivity index (χ0) is 14.5. The third-order valence-electron chi connectivity index (χ3n) is 5.46. The fourth-order valence-corrected chi connectivity index (χ4v) is 4.23. The summed E-state index contributed by atoms with van der Waals surface area (Å²) in [6, 6.07) is 0.466. The highest BCUT2D eigenvalue weighted by Gasteiger charge is 2.41. The third-order valence-corrected chi connectivity index (χ3v) is 5.46. The van der Waals surface area contributed by atoms with E-state index in [1.54, 1.807) is 0 Å². The normalized spacial score (nSPS) is 33.4. The van der Waals surface area contributed by atoms with E-state index >= 15 is 0 Å². The minimum Gasteiger partial charge on any atom is -0.373 e. The number of hydrogen-bond acceptors (Lipinski definition) is 2. The van der Waals surface area contributed by atoms with Crippen LogP contribution < -0.4 is 10.6 Å². The van der Waals surface area contributed by atoms with E-state index in [0.717, 1.165) is 24.8 Å². The van der Waals surface area contributed by atoms with Gasteiger partial charge in [0.1, 0.15) is 0 Å². The molecule has 2 aliphatic heterocycles. The van der Waals surface area contributed by atoms with E-state index in [2.05, 4.69) is 15.6 Å². The SMILES string of the molecule is CN=C(NCCCC1CCCCC1)NC1CC2CCC1O2. The molecular formula is C17H31N3O. The van der Waals surface area contributed by atoms with E-state index in [1.807, 2.05) is 7.05 Å². The van der Waals surface area contributed by atoms with Gasteiger partial charge in [-0.1, -0.05) is 32.1 Å². The lowest BCUT2D eigenvalue weighted by Crippen LogP contribution is -2.47. The molecule has 4 heteroatoms. The minimum atomic E-state index is 0.413. The van der Waals surface area contributed by atoms with Crippen molar-refractivity contribution in [3.05, 3.63) is 0 Å². The van der Waals surface area contributed by atoms with Gasteiger partial charge in [-0.25, -0.2) is 0 Å². The number of nitrogens with zero attached hydrogens (tertiary/aromatic N) is 1. The summed E-state index contributed by atoms with van der Waals surface area (Å²) in [6.07, 6.45) is 14.4. The van der Waals surface area contributed by atoms with E-state index in [9.17, 15) is 0 Å². The molecule has 0 radical (unpaired) electrons. The van der Waals surface area contributed by atoms with Crippen LogP contribution in [0.5, 0.6) is 0 Å². The largest absolute Gasteiger partial charge is 0.373 e. The molecule has 1 saturated carbocycles. The molecule has 3 atom stereocenters. The quantitative estimate of drug-likeness (QED) is 0.465. The number of hydrogen-bond donors (Lipinski definition) is 2. The summed E-state index contributed by atoms with van der Waals surface area (Å²) < 4.78 is 5.89. The third kappa shape index (κ3) is 4.12. The maximum atomic E-state index is 5.89. The lowest BCUT2D eigenvalue weighted by Gasteiger charge is -2.23. The van der Waals surface area contributed by atoms with Gasteiger partial charge < -0.3 is 15.4 Å². The van der Waals surface area contributed by atoms with Gasteiger partial charge in [0.2, 0.25) is 0 Å². The second kappa shape index (κ2) is 7.48. The second-order valence-electron chi connectivity index (χ2n) is 7.01. The second-order valence-corrected chi connectivity index (χ2v) is 7.01. The first-order valence-corrected chi connectivity index (χ1v) is 8.98. The fourth-order valence-electron chi connectivity index (χ4n) is 4.23. The van der Waals surface area contributed by atoms with Crippen LogP contribution in [0.25, 0.3) is 0 Å². The first kappa shape index (κ1) is 15.1. The van der Waals surface area contributed by atoms with Crippen molar-refractivity contribution in [3.63, 3.8) is 0 Å². The van der Waals surface area contributed by atoms with Gasteiger partial charge >= 0.3 is 0 Å². The van der Waals surface area contributed by atoms with Crippen molar-refractivity contribution in [1.29, 1.82) is 0 Å². The van der Waals surface area contributed by atoms with Gasteiger partial charge in [-0.15, -0.1) is 0 Å². The van der Waals surface area contributed by atoms with Gasteiger partial charge in [0.25, 0.3) is 0 Å². The molecule has 0 aromatic carbocycles. The van der Waals surface area contributed by atoms with Gasteiger partial charge in [-0.3, -0.25) is 4.99 Å². The Kier molecular flexibility index (Phi) is 5.39. The smallest absolute Gasteiger partial charge is 0.191 e.